The van der Waals surface area contributed by atoms with Gasteiger partial charge in [-0.15, -0.1) is 4.91 Å². The Morgan fingerprint density at radius 2 is 1.38 bits per heavy atom. The average Bonchev–Trinajstić information content (AvgIpc) is 2.61. The third-order valence-electron chi connectivity index (χ3n) is 3.89. The smallest absolute Gasteiger partial charge is 0.111 e. The van der Waals surface area contributed by atoms with Crippen LogP contribution in [0.4, 0.5) is 17.1 Å². The number of nitrogens with zero attached hydrogens (tertiary/aromatic N) is 3. The molecule has 2 rings (SSSR count). The summed E-state index contributed by atoms with van der Waals surface area (Å²) >= 11 is 0. The predicted molar refractivity (Wildman–Crippen MR) is 119 cm³/mol. The third kappa shape index (κ3) is 7.68. The van der Waals surface area contributed by atoms with Crippen LogP contribution in [-0.4, -0.2) is 28.2 Å². The van der Waals surface area contributed by atoms with Crippen LogP contribution < -0.4 is 9.80 Å². The van der Waals surface area contributed by atoms with E-state index in [9.17, 15) is 4.91 Å². The number of benzene rings is 2. The first-order chi connectivity index (χ1) is 11.4. The van der Waals surface area contributed by atoms with Crippen LogP contribution in [0, 0.1) is 4.91 Å². The maximum absolute atomic E-state index is 10.4. The lowest BCUT2D eigenvalue weighted by molar-refractivity contribution is 1.09. The zero-order valence-electron chi connectivity index (χ0n) is 15.7. The lowest BCUT2D eigenvalue weighted by atomic mass is 10.1. The minimum absolute atomic E-state index is 0. The fourth-order valence-corrected chi connectivity index (χ4v) is 2.28. The molecule has 0 saturated heterocycles. The summed E-state index contributed by atoms with van der Waals surface area (Å²) in [5, 5.41) is 2.97. The largest absolute Gasteiger partial charge is 0.378 e. The summed E-state index contributed by atoms with van der Waals surface area (Å²) < 4.78 is 0. The van der Waals surface area contributed by atoms with Gasteiger partial charge in [0.2, 0.25) is 0 Å². The quantitative estimate of drug-likeness (QED) is 0.588. The van der Waals surface area contributed by atoms with Gasteiger partial charge in [0.05, 0.1) is 0 Å². The molecule has 2 aromatic rings. The molecule has 0 aliphatic heterocycles. The second kappa shape index (κ2) is 12.9. The van der Waals surface area contributed by atoms with E-state index >= 15 is 0 Å². The van der Waals surface area contributed by atoms with Gasteiger partial charge in [-0.2, -0.15) is 0 Å². The maximum Gasteiger partial charge on any atom is 0.111 e. The van der Waals surface area contributed by atoms with Crippen LogP contribution in [0.3, 0.4) is 0 Å². The highest BCUT2D eigenvalue weighted by Gasteiger charge is 2.03. The molecule has 0 saturated carbocycles. The molecule has 0 unspecified atom stereocenters. The van der Waals surface area contributed by atoms with Crippen molar-refractivity contribution < 1.29 is 0 Å². The van der Waals surface area contributed by atoms with Gasteiger partial charge in [-0.1, -0.05) is 40.8 Å². The van der Waals surface area contributed by atoms with E-state index in [-0.39, 0.29) is 14.9 Å². The molecule has 0 fully saturated rings. The van der Waals surface area contributed by atoms with Crippen LogP contribution >= 0.6 is 0 Å². The Labute approximate surface area is 160 Å². The first kappa shape index (κ1) is 25.9. The average molecular weight is 360 g/mol. The van der Waals surface area contributed by atoms with Crippen molar-refractivity contribution in [1.82, 2.24) is 0 Å². The minimum Gasteiger partial charge on any atom is -0.378 e. The normalized spacial score (nSPS) is 9.00. The minimum atomic E-state index is 0. The van der Waals surface area contributed by atoms with E-state index in [0.29, 0.717) is 5.69 Å². The van der Waals surface area contributed by atoms with Gasteiger partial charge < -0.3 is 9.80 Å². The van der Waals surface area contributed by atoms with Gasteiger partial charge in [0.1, 0.15) is 5.69 Å². The number of hydrogen-bond acceptors (Lipinski definition) is 4. The SMILES string of the molecule is C.C.CCc1cc(N(C)C)ccc1N=O.CCc1cccc(N(C)C)c1. The van der Waals surface area contributed by atoms with Gasteiger partial charge in [0.15, 0.2) is 0 Å². The van der Waals surface area contributed by atoms with Gasteiger partial charge in [-0.3, -0.25) is 0 Å². The molecule has 0 amide bonds. The highest BCUT2D eigenvalue weighted by atomic mass is 16.3. The zero-order valence-corrected chi connectivity index (χ0v) is 15.7. The molecule has 0 bridgehead atoms. The van der Waals surface area contributed by atoms with Gasteiger partial charge in [0, 0.05) is 39.6 Å². The van der Waals surface area contributed by atoms with Gasteiger partial charge in [-0.05, 0) is 59.5 Å². The summed E-state index contributed by atoms with van der Waals surface area (Å²) in [7, 11) is 8.08. The van der Waals surface area contributed by atoms with E-state index in [0.717, 1.165) is 24.1 Å². The Kier molecular flexibility index (Phi) is 12.9. The van der Waals surface area contributed by atoms with Gasteiger partial charge in [0.25, 0.3) is 0 Å². The number of aryl methyl sites for hydroxylation is 2. The summed E-state index contributed by atoms with van der Waals surface area (Å²) in [6, 6.07) is 14.3. The zero-order chi connectivity index (χ0) is 18.1. The van der Waals surface area contributed by atoms with Crippen LogP contribution in [0.5, 0.6) is 0 Å². The molecule has 0 atom stereocenters. The molecule has 0 spiro atoms. The molecular weight excluding hydrogens is 322 g/mol. The molecule has 0 aromatic heterocycles. The summed E-state index contributed by atoms with van der Waals surface area (Å²) in [4.78, 5) is 14.5. The molecule has 0 aliphatic carbocycles. The second-order valence-corrected chi connectivity index (χ2v) is 6.07. The summed E-state index contributed by atoms with van der Waals surface area (Å²) in [6.45, 7) is 4.19. The molecule has 0 radical (unpaired) electrons. The molecule has 0 N–H and O–H groups in total. The second-order valence-electron chi connectivity index (χ2n) is 6.07. The topological polar surface area (TPSA) is 35.9 Å². The fourth-order valence-electron chi connectivity index (χ4n) is 2.28. The van der Waals surface area contributed by atoms with Crippen molar-refractivity contribution in [2.75, 3.05) is 38.0 Å². The van der Waals surface area contributed by atoms with Crippen molar-refractivity contribution in [3.05, 3.63) is 58.5 Å². The Morgan fingerprint density at radius 1 is 0.808 bits per heavy atom. The fraction of sp³-hybridized carbons (Fsp3) is 0.455. The van der Waals surface area contributed by atoms with E-state index in [4.69, 9.17) is 0 Å². The van der Waals surface area contributed by atoms with Gasteiger partial charge in [-0.25, -0.2) is 0 Å². The van der Waals surface area contributed by atoms with E-state index in [2.05, 4.69) is 55.4 Å². The summed E-state index contributed by atoms with van der Waals surface area (Å²) in [6.07, 6.45) is 1.95. The van der Waals surface area contributed by atoms with E-state index < -0.39 is 0 Å². The molecular formula is C22H37N3O. The number of anilines is 2. The number of hydrogen-bond donors (Lipinski definition) is 0. The Morgan fingerprint density at radius 3 is 1.85 bits per heavy atom. The van der Waals surface area contributed by atoms with Crippen molar-refractivity contribution in [2.45, 2.75) is 41.5 Å². The first-order valence-electron chi connectivity index (χ1n) is 8.32. The van der Waals surface area contributed by atoms with Crippen molar-refractivity contribution in [3.8, 4) is 0 Å². The Bertz CT molecular complexity index is 652. The molecule has 2 aromatic carbocycles. The molecule has 4 nitrogen and oxygen atoms in total. The number of nitroso groups, excluding NO2 is 1. The standard InChI is InChI=1S/C10H14N2O.C10H15N.2CH4/c1-4-8-7-9(12(2)3)5-6-10(8)11-13;1-4-9-6-5-7-10(8-9)11(2)3;;/h5-7H,4H2,1-3H3;5-8H,4H2,1-3H3;2*1H4. The Hall–Kier alpha value is -2.36. The van der Waals surface area contributed by atoms with Crippen molar-refractivity contribution in [3.63, 3.8) is 0 Å². The lowest BCUT2D eigenvalue weighted by Crippen LogP contribution is -2.08. The summed E-state index contributed by atoms with van der Waals surface area (Å²) in [5.41, 5.74) is 5.33. The highest BCUT2D eigenvalue weighted by Crippen LogP contribution is 2.24. The summed E-state index contributed by atoms with van der Waals surface area (Å²) in [5.74, 6) is 0. The van der Waals surface area contributed by atoms with Crippen LogP contribution in [0.2, 0.25) is 0 Å². The van der Waals surface area contributed by atoms with Crippen molar-refractivity contribution in [2.24, 2.45) is 5.18 Å². The number of rotatable bonds is 5. The molecule has 4 heteroatoms. The third-order valence-corrected chi connectivity index (χ3v) is 3.89. The van der Waals surface area contributed by atoms with E-state index in [1.54, 1.807) is 6.07 Å². The molecule has 26 heavy (non-hydrogen) atoms. The van der Waals surface area contributed by atoms with Crippen molar-refractivity contribution >= 4 is 17.1 Å². The van der Waals surface area contributed by atoms with Crippen LogP contribution in [0.25, 0.3) is 0 Å². The Balaban J connectivity index is 0. The van der Waals surface area contributed by atoms with E-state index in [1.165, 1.54) is 11.3 Å². The maximum atomic E-state index is 10.4. The van der Waals surface area contributed by atoms with Crippen LogP contribution in [0.15, 0.2) is 47.6 Å². The van der Waals surface area contributed by atoms with Crippen molar-refractivity contribution in [1.29, 1.82) is 0 Å². The van der Waals surface area contributed by atoms with Crippen LogP contribution in [-0.2, 0) is 12.8 Å². The van der Waals surface area contributed by atoms with E-state index in [1.807, 2.05) is 38.1 Å². The lowest BCUT2D eigenvalue weighted by Gasteiger charge is -2.13. The predicted octanol–water partition coefficient (Wildman–Crippen LogP) is 6.30. The molecule has 0 aliphatic rings. The highest BCUT2D eigenvalue weighted by molar-refractivity contribution is 5.57. The van der Waals surface area contributed by atoms with Crippen LogP contribution in [0.1, 0.15) is 39.8 Å². The monoisotopic (exact) mass is 359 g/mol. The van der Waals surface area contributed by atoms with Gasteiger partial charge >= 0.3 is 0 Å². The first-order valence-corrected chi connectivity index (χ1v) is 8.32. The molecule has 0 heterocycles. The molecule has 146 valence electrons.